The van der Waals surface area contributed by atoms with E-state index in [1.54, 1.807) is 0 Å². The summed E-state index contributed by atoms with van der Waals surface area (Å²) in [7, 11) is -0.836. The highest BCUT2D eigenvalue weighted by atomic mass is 31.2. The minimum Gasteiger partial charge on any atom is -0.347 e. The number of amides is 1. The maximum absolute atomic E-state index is 14.2. The Balaban J connectivity index is 1.69. The molecule has 5 aromatic rings. The van der Waals surface area contributed by atoms with E-state index in [0.29, 0.717) is 18.7 Å². The molecule has 8 nitrogen and oxygen atoms in total. The molecule has 1 aliphatic heterocycles. The molecule has 0 fully saturated rings. The van der Waals surface area contributed by atoms with Crippen molar-refractivity contribution in [3.63, 3.8) is 0 Å². The van der Waals surface area contributed by atoms with Crippen molar-refractivity contribution in [1.82, 2.24) is 9.24 Å². The summed E-state index contributed by atoms with van der Waals surface area (Å²) < 4.78 is 9.88. The van der Waals surface area contributed by atoms with E-state index in [4.69, 9.17) is 4.74 Å². The Bertz CT molecular complexity index is 2070. The molecule has 1 unspecified atom stereocenters. The van der Waals surface area contributed by atoms with E-state index in [9.17, 15) is 14.9 Å². The predicted octanol–water partition coefficient (Wildman–Crippen LogP) is 8.92. The van der Waals surface area contributed by atoms with Crippen molar-refractivity contribution in [2.75, 3.05) is 25.0 Å². The van der Waals surface area contributed by atoms with Crippen molar-refractivity contribution < 1.29 is 9.72 Å². The maximum Gasteiger partial charge on any atom is 0.277 e. The van der Waals surface area contributed by atoms with Crippen LogP contribution in [0.4, 0.5) is 11.4 Å². The number of aromatic nitrogens is 1. The largest absolute Gasteiger partial charge is 0.347 e. The number of aryl methyl sites for hydroxylation is 1. The van der Waals surface area contributed by atoms with Crippen molar-refractivity contribution >= 4 is 51.6 Å². The number of nitrogens with zero attached hydrogens (tertiary/aromatic N) is 5. The normalized spacial score (nSPS) is 16.2. The molecule has 0 aliphatic carbocycles. The lowest BCUT2D eigenvalue weighted by molar-refractivity contribution is -0.384. The third kappa shape index (κ3) is 4.97. The quantitative estimate of drug-likeness (QED) is 0.0968. The molecule has 0 spiro atoms. The molecule has 1 atom stereocenters. The van der Waals surface area contributed by atoms with E-state index in [1.807, 2.05) is 0 Å². The SMILES string of the molecule is CCN(CC)P(/C=C1/N(C)c2ccccc2C1(C)C)(=NC(=O)c1ccc([N+](=O)[O-])cc1)c1ccc2c(c1)c1ccccc1n2CC. The summed E-state index contributed by atoms with van der Waals surface area (Å²) in [4.78, 5) is 27.4. The van der Waals surface area contributed by atoms with Gasteiger partial charge in [0.05, 0.1) is 12.1 Å². The minimum atomic E-state index is -2.93. The lowest BCUT2D eigenvalue weighted by atomic mass is 9.84. The Morgan fingerprint density at radius 1 is 0.913 bits per heavy atom. The van der Waals surface area contributed by atoms with Gasteiger partial charge in [-0.05, 0) is 60.8 Å². The summed E-state index contributed by atoms with van der Waals surface area (Å²) in [6.45, 7) is 13.0. The van der Waals surface area contributed by atoms with Crippen molar-refractivity contribution in [3.05, 3.63) is 124 Å². The summed E-state index contributed by atoms with van der Waals surface area (Å²) in [6, 6.07) is 29.2. The molecule has 1 aliphatic rings. The zero-order chi connectivity index (χ0) is 32.8. The number of anilines is 1. The molecule has 0 N–H and O–H groups in total. The first kappa shape index (κ1) is 31.5. The monoisotopic (exact) mass is 633 g/mol. The third-order valence-electron chi connectivity index (χ3n) is 9.42. The molecule has 4 aromatic carbocycles. The van der Waals surface area contributed by atoms with Gasteiger partial charge in [-0.1, -0.05) is 64.1 Å². The number of benzene rings is 4. The van der Waals surface area contributed by atoms with Crippen molar-refractivity contribution in [2.24, 2.45) is 4.74 Å². The number of hydrogen-bond donors (Lipinski definition) is 0. The highest BCUT2D eigenvalue weighted by Gasteiger charge is 2.41. The first-order chi connectivity index (χ1) is 22.1. The second-order valence-corrected chi connectivity index (χ2v) is 15.0. The molecule has 236 valence electrons. The Morgan fingerprint density at radius 3 is 2.22 bits per heavy atom. The molecule has 1 aromatic heterocycles. The predicted molar refractivity (Wildman–Crippen MR) is 190 cm³/mol. The van der Waals surface area contributed by atoms with Gasteiger partial charge in [0.2, 0.25) is 0 Å². The van der Waals surface area contributed by atoms with Crippen LogP contribution in [0.15, 0.2) is 107 Å². The fraction of sp³-hybridized carbons (Fsp3) is 0.270. The number of allylic oxidation sites excluding steroid dienone is 1. The number of rotatable bonds is 8. The van der Waals surface area contributed by atoms with E-state index in [0.717, 1.165) is 34.1 Å². The van der Waals surface area contributed by atoms with Crippen molar-refractivity contribution in [1.29, 1.82) is 0 Å². The van der Waals surface area contributed by atoms with Crippen molar-refractivity contribution in [2.45, 2.75) is 46.6 Å². The Morgan fingerprint density at radius 2 is 1.57 bits per heavy atom. The van der Waals surface area contributed by atoms with Crippen LogP contribution in [0, 0.1) is 10.1 Å². The van der Waals surface area contributed by atoms with Crippen molar-refractivity contribution in [3.8, 4) is 0 Å². The fourth-order valence-electron chi connectivity index (χ4n) is 7.03. The van der Waals surface area contributed by atoms with Gasteiger partial charge in [-0.3, -0.25) is 19.6 Å². The molecule has 0 radical (unpaired) electrons. The summed E-state index contributed by atoms with van der Waals surface area (Å²) in [5.74, 6) is 1.89. The number of nitro groups is 1. The number of nitro benzene ring substituents is 1. The summed E-state index contributed by atoms with van der Waals surface area (Å²) >= 11 is 0. The van der Waals surface area contributed by atoms with Crippen LogP contribution in [-0.2, 0) is 12.0 Å². The van der Waals surface area contributed by atoms with Gasteiger partial charge in [-0.15, -0.1) is 0 Å². The molecular weight excluding hydrogens is 593 g/mol. The molecule has 1 amide bonds. The van der Waals surface area contributed by atoms with Crippen LogP contribution in [0.5, 0.6) is 0 Å². The molecule has 2 heterocycles. The zero-order valence-electron chi connectivity index (χ0n) is 27.3. The topological polar surface area (TPSA) is 84.0 Å². The second-order valence-electron chi connectivity index (χ2n) is 12.2. The van der Waals surface area contributed by atoms with E-state index in [1.165, 1.54) is 40.7 Å². The average molecular weight is 634 g/mol. The molecule has 0 bridgehead atoms. The maximum atomic E-state index is 14.2. The van der Waals surface area contributed by atoms with Crippen LogP contribution in [0.2, 0.25) is 0 Å². The highest BCUT2D eigenvalue weighted by molar-refractivity contribution is 7.75. The standard InChI is InChI=1S/C37H40N5O3P/c1-7-40(8-2)46(38-36(43)26-18-20-27(21-19-26)42(44)45,25-35-37(4,5)31-15-11-13-17-34(31)39(35)6)28-22-23-33-30(24-28)29-14-10-12-16-32(29)41(33)9-3/h10-25H,7-9H2,1-6H3/b35-25+. The Labute approximate surface area is 270 Å². The van der Waals surface area contributed by atoms with E-state index in [2.05, 4.69) is 128 Å². The molecule has 46 heavy (non-hydrogen) atoms. The van der Waals surface area contributed by atoms with E-state index in [-0.39, 0.29) is 17.0 Å². The zero-order valence-corrected chi connectivity index (χ0v) is 28.2. The van der Waals surface area contributed by atoms with Gasteiger partial charge in [0.1, 0.15) is 0 Å². The lowest BCUT2D eigenvalue weighted by Crippen LogP contribution is -2.29. The average Bonchev–Trinajstić information content (AvgIpc) is 3.49. The molecule has 0 saturated carbocycles. The smallest absolute Gasteiger partial charge is 0.277 e. The van der Waals surface area contributed by atoms with Gasteiger partial charge >= 0.3 is 0 Å². The number of likely N-dealkylation sites (N-methyl/N-ethyl adjacent to an activating group) is 1. The van der Waals surface area contributed by atoms with Gasteiger partial charge in [-0.2, -0.15) is 0 Å². The molecule has 9 heteroatoms. The van der Waals surface area contributed by atoms with Crippen LogP contribution in [0.25, 0.3) is 21.8 Å². The number of non-ortho nitro benzene ring substituents is 1. The number of carbonyl (C=O) groups excluding carboxylic acids is 1. The summed E-state index contributed by atoms with van der Waals surface area (Å²) in [6.07, 6.45) is 0. The van der Waals surface area contributed by atoms with Crippen LogP contribution in [-0.4, -0.2) is 40.2 Å². The summed E-state index contributed by atoms with van der Waals surface area (Å²) in [5, 5.41) is 14.6. The Kier molecular flexibility index (Phi) is 8.21. The number of hydrogen-bond acceptors (Lipinski definition) is 4. The third-order valence-corrected chi connectivity index (χ3v) is 13.0. The fourth-order valence-corrected chi connectivity index (χ4v) is 10.7. The summed E-state index contributed by atoms with van der Waals surface area (Å²) in [5.41, 5.74) is 5.70. The number of fused-ring (bicyclic) bond motifs is 4. The number of para-hydroxylation sites is 2. The van der Waals surface area contributed by atoms with Gasteiger partial charge in [0, 0.05) is 88.3 Å². The van der Waals surface area contributed by atoms with Crippen LogP contribution >= 0.6 is 7.21 Å². The van der Waals surface area contributed by atoms with Gasteiger partial charge < -0.3 is 9.47 Å². The van der Waals surface area contributed by atoms with E-state index >= 15 is 0 Å². The molecular formula is C37H40N5O3P. The second kappa shape index (κ2) is 12.0. The molecule has 0 saturated heterocycles. The lowest BCUT2D eigenvalue weighted by Gasteiger charge is -2.36. The Hall–Kier alpha value is -4.52. The van der Waals surface area contributed by atoms with Gasteiger partial charge in [0.25, 0.3) is 11.6 Å². The number of carbonyl (C=O) groups is 1. The molecule has 6 rings (SSSR count). The highest BCUT2D eigenvalue weighted by Crippen LogP contribution is 2.59. The van der Waals surface area contributed by atoms with E-state index < -0.39 is 12.1 Å². The van der Waals surface area contributed by atoms with Crippen LogP contribution in [0.3, 0.4) is 0 Å². The first-order valence-corrected chi connectivity index (χ1v) is 17.6. The van der Waals surface area contributed by atoms with Gasteiger partial charge in [-0.25, -0.2) is 4.74 Å². The van der Waals surface area contributed by atoms with Crippen LogP contribution < -0.4 is 10.2 Å². The van der Waals surface area contributed by atoms with Gasteiger partial charge in [0.15, 0.2) is 0 Å². The minimum absolute atomic E-state index is 0.0617. The van der Waals surface area contributed by atoms with Crippen LogP contribution in [0.1, 0.15) is 50.5 Å². The first-order valence-electron chi connectivity index (χ1n) is 15.8.